The van der Waals surface area contributed by atoms with Crippen LogP contribution in [0.1, 0.15) is 56.2 Å². The summed E-state index contributed by atoms with van der Waals surface area (Å²) in [5.74, 6) is 0.933. The Labute approximate surface area is 112 Å². The molecule has 1 aromatic rings. The molecule has 95 valence electrons. The molecule has 0 N–H and O–H groups in total. The predicted molar refractivity (Wildman–Crippen MR) is 77.2 cm³/mol. The molecule has 0 amide bonds. The topological polar surface area (TPSA) is 12.9 Å². The van der Waals surface area contributed by atoms with Crippen molar-refractivity contribution in [1.29, 1.82) is 0 Å². The standard InChI is InChI=1S/C16H23BN/c1-13-14(5-4-12-18-13)8-11-16-9-2-6-15(17-16)7-3-10-16/h4-5,12,15H,2-3,6-11H2,1H3. The van der Waals surface area contributed by atoms with Crippen molar-refractivity contribution in [2.75, 3.05) is 0 Å². The lowest BCUT2D eigenvalue weighted by Gasteiger charge is -2.45. The van der Waals surface area contributed by atoms with Crippen LogP contribution in [0, 0.1) is 6.92 Å². The van der Waals surface area contributed by atoms with Crippen molar-refractivity contribution < 1.29 is 0 Å². The summed E-state index contributed by atoms with van der Waals surface area (Å²) < 4.78 is 0. The van der Waals surface area contributed by atoms with Gasteiger partial charge in [0.25, 0.3) is 0 Å². The maximum Gasteiger partial charge on any atom is 0.122 e. The molecule has 0 unspecified atom stereocenters. The summed E-state index contributed by atoms with van der Waals surface area (Å²) in [4.78, 5) is 4.41. The second-order valence-electron chi connectivity index (χ2n) is 6.32. The summed E-state index contributed by atoms with van der Waals surface area (Å²) in [6, 6.07) is 4.33. The third kappa shape index (κ3) is 2.48. The quantitative estimate of drug-likeness (QED) is 0.716. The zero-order chi connectivity index (χ0) is 12.4. The Bertz CT molecular complexity index is 405. The first-order valence-electron chi connectivity index (χ1n) is 7.54. The Kier molecular flexibility index (Phi) is 3.45. The highest BCUT2D eigenvalue weighted by atomic mass is 14.7. The van der Waals surface area contributed by atoms with Gasteiger partial charge >= 0.3 is 0 Å². The van der Waals surface area contributed by atoms with Crippen LogP contribution in [-0.4, -0.2) is 12.3 Å². The molecule has 2 heteroatoms. The Morgan fingerprint density at radius 1 is 1.33 bits per heavy atom. The molecule has 1 nitrogen and oxygen atoms in total. The molecule has 1 radical (unpaired) electrons. The number of pyridine rings is 1. The molecule has 2 saturated heterocycles. The van der Waals surface area contributed by atoms with Crippen molar-refractivity contribution in [1.82, 2.24) is 4.98 Å². The highest BCUT2D eigenvalue weighted by molar-refractivity contribution is 6.42. The zero-order valence-electron chi connectivity index (χ0n) is 11.5. The number of hydrogen-bond acceptors (Lipinski definition) is 1. The SMILES string of the molecule is Cc1ncccc1CCC12[B]C(CCC1)CCC2. The Morgan fingerprint density at radius 3 is 2.83 bits per heavy atom. The average molecular weight is 240 g/mol. The number of hydrogen-bond donors (Lipinski definition) is 0. The fourth-order valence-corrected chi connectivity index (χ4v) is 4.03. The van der Waals surface area contributed by atoms with Crippen molar-refractivity contribution in [2.45, 2.75) is 69.4 Å². The third-order valence-corrected chi connectivity index (χ3v) is 5.10. The van der Waals surface area contributed by atoms with Gasteiger partial charge in [0.15, 0.2) is 0 Å². The molecular formula is C16H23BN. The number of nitrogens with zero attached hydrogens (tertiary/aromatic N) is 1. The molecule has 18 heavy (non-hydrogen) atoms. The van der Waals surface area contributed by atoms with Gasteiger partial charge in [-0.1, -0.05) is 62.1 Å². The van der Waals surface area contributed by atoms with Gasteiger partial charge in [-0.15, -0.1) is 0 Å². The Hall–Kier alpha value is -0.785. The first kappa shape index (κ1) is 12.3. The maximum absolute atomic E-state index is 4.41. The van der Waals surface area contributed by atoms with E-state index in [1.807, 2.05) is 6.20 Å². The van der Waals surface area contributed by atoms with Gasteiger partial charge in [0, 0.05) is 11.9 Å². The number of fused-ring (bicyclic) bond motifs is 2. The predicted octanol–water partition coefficient (Wildman–Crippen LogP) is 4.34. The van der Waals surface area contributed by atoms with E-state index >= 15 is 0 Å². The van der Waals surface area contributed by atoms with Gasteiger partial charge in [0.05, 0.1) is 0 Å². The fraction of sp³-hybridized carbons (Fsp3) is 0.688. The van der Waals surface area contributed by atoms with E-state index in [4.69, 9.17) is 0 Å². The van der Waals surface area contributed by atoms with Gasteiger partial charge in [-0.05, 0) is 25.0 Å². The van der Waals surface area contributed by atoms with E-state index in [9.17, 15) is 0 Å². The normalized spacial score (nSPS) is 30.8. The Morgan fingerprint density at radius 2 is 2.11 bits per heavy atom. The van der Waals surface area contributed by atoms with E-state index in [0.29, 0.717) is 5.31 Å². The minimum Gasteiger partial charge on any atom is -0.261 e. The van der Waals surface area contributed by atoms with E-state index in [2.05, 4.69) is 31.3 Å². The van der Waals surface area contributed by atoms with Crippen LogP contribution in [0.25, 0.3) is 0 Å². The fourth-order valence-electron chi connectivity index (χ4n) is 4.03. The number of rotatable bonds is 3. The van der Waals surface area contributed by atoms with Crippen LogP contribution in [0.4, 0.5) is 0 Å². The van der Waals surface area contributed by atoms with Crippen LogP contribution in [0.2, 0.25) is 11.1 Å². The minimum atomic E-state index is 0.573. The maximum atomic E-state index is 4.41. The van der Waals surface area contributed by atoms with Crippen molar-refractivity contribution in [3.63, 3.8) is 0 Å². The van der Waals surface area contributed by atoms with Crippen LogP contribution in [0.5, 0.6) is 0 Å². The summed E-state index contributed by atoms with van der Waals surface area (Å²) in [6.07, 6.45) is 13.1. The molecule has 3 rings (SSSR count). The van der Waals surface area contributed by atoms with E-state index < -0.39 is 0 Å². The molecule has 1 aromatic heterocycles. The van der Waals surface area contributed by atoms with E-state index in [1.165, 1.54) is 62.6 Å². The molecule has 0 spiro atoms. The van der Waals surface area contributed by atoms with Crippen LogP contribution in [-0.2, 0) is 6.42 Å². The molecule has 0 saturated carbocycles. The van der Waals surface area contributed by atoms with E-state index in [1.54, 1.807) is 0 Å². The van der Waals surface area contributed by atoms with Gasteiger partial charge < -0.3 is 0 Å². The molecule has 2 bridgehead atoms. The molecule has 2 aliphatic heterocycles. The van der Waals surface area contributed by atoms with E-state index in [0.717, 1.165) is 5.82 Å². The lowest BCUT2D eigenvalue weighted by Crippen LogP contribution is -2.33. The number of aryl methyl sites for hydroxylation is 2. The first-order chi connectivity index (χ1) is 8.77. The molecule has 2 fully saturated rings. The molecule has 3 heterocycles. The van der Waals surface area contributed by atoms with E-state index in [-0.39, 0.29) is 0 Å². The summed E-state index contributed by atoms with van der Waals surface area (Å²) >= 11 is 0. The lowest BCUT2D eigenvalue weighted by atomic mass is 9.35. The van der Waals surface area contributed by atoms with Gasteiger partial charge in [0.2, 0.25) is 0 Å². The van der Waals surface area contributed by atoms with Gasteiger partial charge in [-0.25, -0.2) is 0 Å². The lowest BCUT2D eigenvalue weighted by molar-refractivity contribution is 0.332. The van der Waals surface area contributed by atoms with Crippen molar-refractivity contribution in [3.8, 4) is 0 Å². The highest BCUT2D eigenvalue weighted by Gasteiger charge is 2.39. The summed E-state index contributed by atoms with van der Waals surface area (Å²) in [5.41, 5.74) is 2.67. The smallest absolute Gasteiger partial charge is 0.122 e. The second kappa shape index (κ2) is 5.07. The van der Waals surface area contributed by atoms with Crippen LogP contribution in [0.15, 0.2) is 18.3 Å². The van der Waals surface area contributed by atoms with Crippen LogP contribution in [0.3, 0.4) is 0 Å². The zero-order valence-corrected chi connectivity index (χ0v) is 11.5. The largest absolute Gasteiger partial charge is 0.261 e. The molecular weight excluding hydrogens is 217 g/mol. The molecule has 0 aliphatic carbocycles. The third-order valence-electron chi connectivity index (χ3n) is 5.10. The van der Waals surface area contributed by atoms with Gasteiger partial charge in [0.1, 0.15) is 7.28 Å². The van der Waals surface area contributed by atoms with Crippen molar-refractivity contribution >= 4 is 7.28 Å². The van der Waals surface area contributed by atoms with Crippen molar-refractivity contribution in [3.05, 3.63) is 29.6 Å². The highest BCUT2D eigenvalue weighted by Crippen LogP contribution is 2.53. The summed E-state index contributed by atoms with van der Waals surface area (Å²) in [7, 11) is 2.73. The first-order valence-corrected chi connectivity index (χ1v) is 7.54. The molecule has 0 atom stereocenters. The summed E-state index contributed by atoms with van der Waals surface area (Å²) in [6.45, 7) is 2.14. The number of aromatic nitrogens is 1. The second-order valence-corrected chi connectivity index (χ2v) is 6.32. The van der Waals surface area contributed by atoms with Gasteiger partial charge in [-0.3, -0.25) is 4.98 Å². The average Bonchev–Trinajstić information content (AvgIpc) is 2.38. The molecule has 2 aliphatic rings. The van der Waals surface area contributed by atoms with Crippen molar-refractivity contribution in [2.24, 2.45) is 0 Å². The summed E-state index contributed by atoms with van der Waals surface area (Å²) in [5, 5.41) is 0.573. The monoisotopic (exact) mass is 240 g/mol. The minimum absolute atomic E-state index is 0.573. The van der Waals surface area contributed by atoms with Gasteiger partial charge in [-0.2, -0.15) is 0 Å². The van der Waals surface area contributed by atoms with Crippen LogP contribution >= 0.6 is 0 Å². The molecule has 0 aromatic carbocycles. The Balaban J connectivity index is 1.67. The van der Waals surface area contributed by atoms with Crippen LogP contribution < -0.4 is 0 Å².